The quantitative estimate of drug-likeness (QED) is 0.405. The predicted octanol–water partition coefficient (Wildman–Crippen LogP) is 4.43. The minimum absolute atomic E-state index is 0.0751. The van der Waals surface area contributed by atoms with Crippen molar-refractivity contribution in [2.45, 2.75) is 36.8 Å². The summed E-state index contributed by atoms with van der Waals surface area (Å²) in [7, 11) is 0. The van der Waals surface area contributed by atoms with Gasteiger partial charge in [0, 0.05) is 24.6 Å². The molecule has 1 saturated carbocycles. The molecular weight excluding hydrogens is 489 g/mol. The van der Waals surface area contributed by atoms with Crippen molar-refractivity contribution >= 4 is 34.5 Å². The number of fused-ring (bicyclic) bond motifs is 1. The van der Waals surface area contributed by atoms with Crippen LogP contribution in [0.25, 0.3) is 5.65 Å². The second-order valence-electron chi connectivity index (χ2n) is 8.21. The van der Waals surface area contributed by atoms with Crippen LogP contribution in [0.15, 0.2) is 30.5 Å². The van der Waals surface area contributed by atoms with Crippen LogP contribution in [0.4, 0.5) is 42.2 Å². The zero-order valence-electron chi connectivity index (χ0n) is 17.0. The van der Waals surface area contributed by atoms with Gasteiger partial charge < -0.3 is 15.5 Å². The Labute approximate surface area is 192 Å². The average molecular weight is 504 g/mol. The molecule has 1 saturated heterocycles. The van der Waals surface area contributed by atoms with E-state index in [0.29, 0.717) is 0 Å². The molecule has 2 atom stereocenters. The van der Waals surface area contributed by atoms with Crippen molar-refractivity contribution in [3.8, 4) is 0 Å². The molecule has 0 bridgehead atoms. The minimum atomic E-state index is -3.23. The van der Waals surface area contributed by atoms with Crippen molar-refractivity contribution in [2.24, 2.45) is 0 Å². The summed E-state index contributed by atoms with van der Waals surface area (Å²) in [5.74, 6) is -8.93. The Bertz CT molecular complexity index is 1300. The number of halogens is 7. The summed E-state index contributed by atoms with van der Waals surface area (Å²) in [5, 5.41) is 8.08. The Kier molecular flexibility index (Phi) is 5.11. The predicted molar refractivity (Wildman–Crippen MR) is 112 cm³/mol. The molecule has 2 N–H and O–H groups in total. The lowest BCUT2D eigenvalue weighted by atomic mass is 10.0. The van der Waals surface area contributed by atoms with Crippen LogP contribution in [-0.2, 0) is 0 Å². The van der Waals surface area contributed by atoms with Crippen molar-refractivity contribution in [3.05, 3.63) is 53.6 Å². The summed E-state index contributed by atoms with van der Waals surface area (Å²) in [6.07, 6.45) is 0.0329. The monoisotopic (exact) mass is 504 g/mol. The highest BCUT2D eigenvalue weighted by Gasteiger charge is 2.57. The number of nitrogens with one attached hydrogen (secondary N) is 2. The van der Waals surface area contributed by atoms with Gasteiger partial charge in [0.05, 0.1) is 18.6 Å². The molecule has 2 aromatic heterocycles. The van der Waals surface area contributed by atoms with E-state index in [0.717, 1.165) is 27.6 Å². The first kappa shape index (κ1) is 22.6. The molecule has 3 aromatic rings. The number of hydrogen-bond donors (Lipinski definition) is 2. The Morgan fingerprint density at radius 2 is 1.82 bits per heavy atom. The van der Waals surface area contributed by atoms with Crippen LogP contribution < -0.4 is 15.5 Å². The molecule has 2 aliphatic rings. The van der Waals surface area contributed by atoms with Gasteiger partial charge in [0.25, 0.3) is 17.8 Å². The largest absolute Gasteiger partial charge is 0.353 e. The summed E-state index contributed by atoms with van der Waals surface area (Å²) in [5.41, 5.74) is -0.800. The van der Waals surface area contributed by atoms with Gasteiger partial charge in [-0.05, 0) is 36.5 Å². The van der Waals surface area contributed by atoms with Gasteiger partial charge in [0.2, 0.25) is 0 Å². The number of thiocarbonyl (C=S) groups is 1. The van der Waals surface area contributed by atoms with Gasteiger partial charge in [-0.25, -0.2) is 35.8 Å². The van der Waals surface area contributed by atoms with E-state index >= 15 is 0 Å². The highest BCUT2D eigenvalue weighted by atomic mass is 32.1. The number of hydrogen-bond acceptors (Lipinski definition) is 4. The first-order valence-electron chi connectivity index (χ1n) is 10.0. The summed E-state index contributed by atoms with van der Waals surface area (Å²) >= 11 is 4.95. The van der Waals surface area contributed by atoms with E-state index in [2.05, 4.69) is 20.7 Å². The van der Waals surface area contributed by atoms with E-state index in [1.54, 1.807) is 0 Å². The third-order valence-electron chi connectivity index (χ3n) is 5.68. The van der Waals surface area contributed by atoms with E-state index in [1.165, 1.54) is 12.3 Å². The minimum Gasteiger partial charge on any atom is -0.353 e. The Hall–Kier alpha value is -3.16. The van der Waals surface area contributed by atoms with E-state index in [9.17, 15) is 30.7 Å². The molecule has 180 valence electrons. The summed E-state index contributed by atoms with van der Waals surface area (Å²) in [6, 6.07) is 1.41. The lowest BCUT2D eigenvalue weighted by Gasteiger charge is -2.25. The molecule has 1 aliphatic carbocycles. The van der Waals surface area contributed by atoms with E-state index in [4.69, 9.17) is 12.2 Å². The third kappa shape index (κ3) is 4.10. The third-order valence-corrected chi connectivity index (χ3v) is 5.90. The van der Waals surface area contributed by atoms with Gasteiger partial charge in [0.15, 0.2) is 10.8 Å². The highest BCUT2D eigenvalue weighted by Crippen LogP contribution is 2.44. The van der Waals surface area contributed by atoms with Crippen LogP contribution >= 0.6 is 12.2 Å². The van der Waals surface area contributed by atoms with Crippen molar-refractivity contribution in [3.63, 3.8) is 0 Å². The van der Waals surface area contributed by atoms with Gasteiger partial charge >= 0.3 is 0 Å². The second kappa shape index (κ2) is 7.68. The lowest BCUT2D eigenvalue weighted by molar-refractivity contribution is 0.0221. The second-order valence-corrected chi connectivity index (χ2v) is 8.61. The van der Waals surface area contributed by atoms with Gasteiger partial charge in [-0.2, -0.15) is 4.39 Å². The number of benzene rings is 1. The van der Waals surface area contributed by atoms with Crippen LogP contribution in [0.3, 0.4) is 0 Å². The highest BCUT2D eigenvalue weighted by molar-refractivity contribution is 7.80. The fraction of sp³-hybridized carbons (Fsp3) is 0.350. The normalized spacial score (nSPS) is 22.7. The molecule has 34 heavy (non-hydrogen) atoms. The number of nitrogens with zero attached hydrogens (tertiary/aromatic N) is 4. The summed E-state index contributed by atoms with van der Waals surface area (Å²) in [4.78, 5) is 5.28. The molecule has 1 aliphatic heterocycles. The number of anilines is 2. The SMILES string of the molecule is Fc1ccc(F)c(C2CC(F)(F)CN2c2ccn3nc(F)c(NC(=S)NC4CC4(F)F)c3n2)c1. The first-order chi connectivity index (χ1) is 15.9. The van der Waals surface area contributed by atoms with E-state index in [-0.39, 0.29) is 27.8 Å². The van der Waals surface area contributed by atoms with E-state index < -0.39 is 60.9 Å². The molecule has 2 unspecified atom stereocenters. The molecule has 5 rings (SSSR count). The topological polar surface area (TPSA) is 57.5 Å². The summed E-state index contributed by atoms with van der Waals surface area (Å²) < 4.78 is 98.5. The van der Waals surface area contributed by atoms with Crippen LogP contribution in [0.1, 0.15) is 24.4 Å². The maximum atomic E-state index is 14.4. The molecule has 1 aromatic carbocycles. The molecular formula is C20H15F7N6S. The van der Waals surface area contributed by atoms with Crippen molar-refractivity contribution < 1.29 is 30.7 Å². The number of aromatic nitrogens is 3. The zero-order valence-corrected chi connectivity index (χ0v) is 17.8. The van der Waals surface area contributed by atoms with Gasteiger partial charge in [0.1, 0.15) is 23.1 Å². The summed E-state index contributed by atoms with van der Waals surface area (Å²) in [6.45, 7) is -0.840. The van der Waals surface area contributed by atoms with Crippen LogP contribution in [-0.4, -0.2) is 44.1 Å². The maximum Gasteiger partial charge on any atom is 0.270 e. The van der Waals surface area contributed by atoms with Gasteiger partial charge in [-0.15, -0.1) is 5.10 Å². The Morgan fingerprint density at radius 3 is 2.53 bits per heavy atom. The zero-order chi connectivity index (χ0) is 24.4. The number of alkyl halides is 4. The molecule has 3 heterocycles. The molecule has 0 spiro atoms. The molecule has 0 radical (unpaired) electrons. The van der Waals surface area contributed by atoms with Gasteiger partial charge in [-0.1, -0.05) is 0 Å². The molecule has 6 nitrogen and oxygen atoms in total. The van der Waals surface area contributed by atoms with Gasteiger partial charge in [-0.3, -0.25) is 0 Å². The van der Waals surface area contributed by atoms with Crippen molar-refractivity contribution in [2.75, 3.05) is 16.8 Å². The smallest absolute Gasteiger partial charge is 0.270 e. The molecule has 2 fully saturated rings. The standard InChI is InChI=1S/C20H15F7N6S/c21-9-1-2-11(22)10(5-9)12-6-19(24,25)8-32(12)14-3-4-33-17(29-14)15(16(23)31-33)30-18(34)28-13-7-20(13,26)27/h1-5,12-13H,6-8H2,(H2,28,30,34). The number of rotatable bonds is 4. The van der Waals surface area contributed by atoms with Crippen LogP contribution in [0, 0.1) is 17.6 Å². The lowest BCUT2D eigenvalue weighted by Crippen LogP contribution is -2.33. The Balaban J connectivity index is 1.48. The average Bonchev–Trinajstić information content (AvgIpc) is 3.06. The van der Waals surface area contributed by atoms with Crippen LogP contribution in [0.2, 0.25) is 0 Å². The van der Waals surface area contributed by atoms with Crippen molar-refractivity contribution in [1.29, 1.82) is 0 Å². The van der Waals surface area contributed by atoms with E-state index in [1.807, 2.05) is 0 Å². The molecule has 14 heteroatoms. The van der Waals surface area contributed by atoms with Crippen molar-refractivity contribution in [1.82, 2.24) is 19.9 Å². The fourth-order valence-corrected chi connectivity index (χ4v) is 4.19. The van der Waals surface area contributed by atoms with Crippen LogP contribution in [0.5, 0.6) is 0 Å². The first-order valence-corrected chi connectivity index (χ1v) is 10.4. The maximum absolute atomic E-state index is 14.4. The fourth-order valence-electron chi connectivity index (χ4n) is 3.94. The molecule has 0 amide bonds. The Morgan fingerprint density at radius 1 is 1.09 bits per heavy atom.